The van der Waals surface area contributed by atoms with Gasteiger partial charge >= 0.3 is 19.8 Å². The van der Waals surface area contributed by atoms with Gasteiger partial charge in [0, 0.05) is 19.4 Å². The lowest BCUT2D eigenvalue weighted by Gasteiger charge is -2.19. The molecule has 0 aromatic rings. The van der Waals surface area contributed by atoms with Gasteiger partial charge in [-0.2, -0.15) is 0 Å². The monoisotopic (exact) mass is 800 g/mol. The molecular weight excluding hydrogens is 713 g/mol. The molecule has 0 saturated heterocycles. The van der Waals surface area contributed by atoms with Gasteiger partial charge in [-0.15, -0.1) is 0 Å². The van der Waals surface area contributed by atoms with Crippen molar-refractivity contribution in [3.05, 3.63) is 24.3 Å². The molecule has 0 aliphatic heterocycles. The van der Waals surface area contributed by atoms with Crippen LogP contribution in [0.15, 0.2) is 24.3 Å². The highest BCUT2D eigenvalue weighted by Crippen LogP contribution is 2.43. The fourth-order valence-corrected chi connectivity index (χ4v) is 7.15. The number of carbonyl (C=O) groups is 2. The third-order valence-electron chi connectivity index (χ3n) is 9.81. The molecule has 0 aromatic carbocycles. The fraction of sp³-hybridized carbons (Fsp3) is 0.867. The molecule has 324 valence electrons. The highest BCUT2D eigenvalue weighted by Gasteiger charge is 2.26. The second-order valence-electron chi connectivity index (χ2n) is 15.3. The van der Waals surface area contributed by atoms with E-state index >= 15 is 0 Å². The summed E-state index contributed by atoms with van der Waals surface area (Å²) in [6.07, 6.45) is 45.0. The number of rotatable bonds is 43. The zero-order valence-corrected chi connectivity index (χ0v) is 36.6. The summed E-state index contributed by atoms with van der Waals surface area (Å²) in [6.45, 7) is 3.72. The van der Waals surface area contributed by atoms with Crippen molar-refractivity contribution >= 4 is 19.8 Å². The van der Waals surface area contributed by atoms with Crippen LogP contribution >= 0.6 is 7.82 Å². The number of hydrogen-bond acceptors (Lipinski definition) is 8. The topological polar surface area (TPSA) is 134 Å². The van der Waals surface area contributed by atoms with E-state index in [0.29, 0.717) is 6.42 Å². The maximum absolute atomic E-state index is 12.6. The summed E-state index contributed by atoms with van der Waals surface area (Å²) in [5.41, 5.74) is 5.35. The molecule has 55 heavy (non-hydrogen) atoms. The number of phosphoric ester groups is 1. The van der Waals surface area contributed by atoms with Crippen LogP contribution in [-0.2, 0) is 32.7 Å². The molecule has 0 bridgehead atoms. The summed E-state index contributed by atoms with van der Waals surface area (Å²) in [5, 5.41) is 0. The minimum atomic E-state index is -4.38. The van der Waals surface area contributed by atoms with Crippen molar-refractivity contribution in [1.29, 1.82) is 0 Å². The molecule has 0 aliphatic carbocycles. The first-order valence-corrected chi connectivity index (χ1v) is 24.3. The van der Waals surface area contributed by atoms with E-state index in [1.165, 1.54) is 135 Å². The summed E-state index contributed by atoms with van der Waals surface area (Å²) in [5.74, 6) is -0.833. The molecule has 0 aliphatic rings. The molecule has 0 amide bonds. The van der Waals surface area contributed by atoms with E-state index in [9.17, 15) is 19.0 Å². The number of ether oxygens (including phenoxy) is 2. The van der Waals surface area contributed by atoms with Crippen LogP contribution in [0, 0.1) is 0 Å². The number of allylic oxidation sites excluding steroid dienone is 4. The Morgan fingerprint density at radius 3 is 1.31 bits per heavy atom. The maximum Gasteiger partial charge on any atom is 0.472 e. The Balaban J connectivity index is 4.06. The van der Waals surface area contributed by atoms with Gasteiger partial charge in [0.05, 0.1) is 13.2 Å². The highest BCUT2D eigenvalue weighted by molar-refractivity contribution is 7.47. The SMILES string of the molecule is CCCCCC/C=C/CCCCCCCC(=O)O[C@@H](COC(=O)CCCCCCCCCCCCC/C=C/CCCCCCCC)COP(=O)(O)OCCN. The fourth-order valence-electron chi connectivity index (χ4n) is 6.39. The summed E-state index contributed by atoms with van der Waals surface area (Å²) in [4.78, 5) is 34.9. The van der Waals surface area contributed by atoms with Crippen LogP contribution in [0.2, 0.25) is 0 Å². The minimum Gasteiger partial charge on any atom is -0.462 e. The summed E-state index contributed by atoms with van der Waals surface area (Å²) in [6, 6.07) is 0. The van der Waals surface area contributed by atoms with Gasteiger partial charge in [-0.3, -0.25) is 18.6 Å². The summed E-state index contributed by atoms with van der Waals surface area (Å²) in [7, 11) is -4.38. The van der Waals surface area contributed by atoms with Crippen LogP contribution in [0.3, 0.4) is 0 Å². The number of phosphoric acid groups is 1. The number of carbonyl (C=O) groups excluding carboxylic acids is 2. The van der Waals surface area contributed by atoms with E-state index in [2.05, 4.69) is 38.2 Å². The first-order valence-electron chi connectivity index (χ1n) is 22.8. The summed E-state index contributed by atoms with van der Waals surface area (Å²) < 4.78 is 32.8. The zero-order valence-electron chi connectivity index (χ0n) is 35.7. The van der Waals surface area contributed by atoms with Gasteiger partial charge in [0.25, 0.3) is 0 Å². The lowest BCUT2D eigenvalue weighted by Crippen LogP contribution is -2.29. The molecule has 0 spiro atoms. The van der Waals surface area contributed by atoms with Gasteiger partial charge in [0.1, 0.15) is 6.61 Å². The molecule has 1 unspecified atom stereocenters. The second-order valence-corrected chi connectivity index (χ2v) is 16.7. The van der Waals surface area contributed by atoms with Crippen molar-refractivity contribution in [1.82, 2.24) is 0 Å². The van der Waals surface area contributed by atoms with Crippen molar-refractivity contribution in [3.8, 4) is 0 Å². The van der Waals surface area contributed by atoms with Gasteiger partial charge < -0.3 is 20.1 Å². The molecule has 9 nitrogen and oxygen atoms in total. The van der Waals surface area contributed by atoms with Crippen molar-refractivity contribution < 1.29 is 37.6 Å². The largest absolute Gasteiger partial charge is 0.472 e. The molecular formula is C45H86NO8P. The molecule has 0 radical (unpaired) electrons. The molecule has 10 heteroatoms. The van der Waals surface area contributed by atoms with Crippen molar-refractivity contribution in [2.24, 2.45) is 5.73 Å². The molecule has 0 aromatic heterocycles. The van der Waals surface area contributed by atoms with Crippen molar-refractivity contribution in [3.63, 3.8) is 0 Å². The van der Waals surface area contributed by atoms with Crippen LogP contribution in [-0.4, -0.2) is 49.3 Å². The predicted molar refractivity (Wildman–Crippen MR) is 229 cm³/mol. The Bertz CT molecular complexity index is 959. The standard InChI is InChI=1S/C45H86NO8P/c1-3-5-7-9-11-13-15-17-18-19-20-21-22-23-24-26-27-29-31-33-35-37-44(47)51-41-43(42-53-55(49,50)52-40-39-46)54-45(48)38-36-34-32-30-28-25-16-14-12-10-8-6-4-2/h14,16-18,43H,3-13,15,19-42,46H2,1-2H3,(H,49,50)/b16-14+,18-17+/t43-/m0/s1. The second kappa shape index (κ2) is 42.1. The van der Waals surface area contributed by atoms with Crippen molar-refractivity contribution in [2.75, 3.05) is 26.4 Å². The Labute approximate surface area is 338 Å². The van der Waals surface area contributed by atoms with E-state index < -0.39 is 26.5 Å². The smallest absolute Gasteiger partial charge is 0.462 e. The minimum absolute atomic E-state index is 0.0532. The Morgan fingerprint density at radius 1 is 0.527 bits per heavy atom. The van der Waals surface area contributed by atoms with E-state index in [1.807, 2.05) is 0 Å². The first kappa shape index (κ1) is 53.5. The maximum atomic E-state index is 12.6. The van der Waals surface area contributed by atoms with Gasteiger partial charge in [-0.05, 0) is 64.2 Å². The molecule has 0 fully saturated rings. The van der Waals surface area contributed by atoms with E-state index in [-0.39, 0.29) is 38.6 Å². The first-order chi connectivity index (χ1) is 26.8. The van der Waals surface area contributed by atoms with Gasteiger partial charge in [0.2, 0.25) is 0 Å². The number of esters is 2. The summed E-state index contributed by atoms with van der Waals surface area (Å²) >= 11 is 0. The van der Waals surface area contributed by atoms with Crippen LogP contribution in [0.1, 0.15) is 219 Å². The lowest BCUT2D eigenvalue weighted by atomic mass is 10.0. The average Bonchev–Trinajstić information content (AvgIpc) is 3.17. The Hall–Kier alpha value is -1.51. The average molecular weight is 800 g/mol. The van der Waals surface area contributed by atoms with Gasteiger partial charge in [-0.25, -0.2) is 4.57 Å². The molecule has 2 atom stereocenters. The van der Waals surface area contributed by atoms with Crippen LogP contribution in [0.4, 0.5) is 0 Å². The van der Waals surface area contributed by atoms with Gasteiger partial charge in [-0.1, -0.05) is 167 Å². The highest BCUT2D eigenvalue weighted by atomic mass is 31.2. The number of hydrogen-bond donors (Lipinski definition) is 2. The van der Waals surface area contributed by atoms with E-state index in [4.69, 9.17) is 24.3 Å². The predicted octanol–water partition coefficient (Wildman–Crippen LogP) is 13.2. The number of unbranched alkanes of at least 4 members (excludes halogenated alkanes) is 26. The lowest BCUT2D eigenvalue weighted by molar-refractivity contribution is -0.161. The third kappa shape index (κ3) is 41.9. The molecule has 0 rings (SSSR count). The third-order valence-corrected chi connectivity index (χ3v) is 10.8. The molecule has 0 saturated carbocycles. The van der Waals surface area contributed by atoms with Gasteiger partial charge in [0.15, 0.2) is 6.10 Å². The Morgan fingerprint density at radius 2 is 0.891 bits per heavy atom. The normalized spacial score (nSPS) is 13.5. The van der Waals surface area contributed by atoms with Crippen LogP contribution < -0.4 is 5.73 Å². The Kier molecular flexibility index (Phi) is 40.9. The van der Waals surface area contributed by atoms with Crippen molar-refractivity contribution in [2.45, 2.75) is 225 Å². The molecule has 0 heterocycles. The quantitative estimate of drug-likeness (QED) is 0.0267. The zero-order chi connectivity index (χ0) is 40.3. The number of nitrogens with two attached hydrogens (primary N) is 1. The van der Waals surface area contributed by atoms with E-state index in [1.54, 1.807) is 0 Å². The van der Waals surface area contributed by atoms with E-state index in [0.717, 1.165) is 51.4 Å². The molecule has 3 N–H and O–H groups in total. The van der Waals surface area contributed by atoms with Crippen LogP contribution in [0.5, 0.6) is 0 Å². The van der Waals surface area contributed by atoms with Crippen LogP contribution in [0.25, 0.3) is 0 Å².